The Hall–Kier alpha value is -3.14. The highest BCUT2D eigenvalue weighted by molar-refractivity contribution is 7.85. The lowest BCUT2D eigenvalue weighted by atomic mass is 9.59. The fourth-order valence-corrected chi connectivity index (χ4v) is 9.42. The number of halogens is 1. The van der Waals surface area contributed by atoms with E-state index < -0.39 is 21.4 Å². The van der Waals surface area contributed by atoms with Gasteiger partial charge in [0.25, 0.3) is 10.1 Å². The average Bonchev–Trinajstić information content (AvgIpc) is 3.31. The second-order valence-corrected chi connectivity index (χ2v) is 16.0. The van der Waals surface area contributed by atoms with E-state index in [9.17, 15) is 17.8 Å². The van der Waals surface area contributed by atoms with Crippen molar-refractivity contribution in [2.24, 2.45) is 11.8 Å². The second kappa shape index (κ2) is 13.4. The number of pyridine rings is 1. The second-order valence-electron chi connectivity index (χ2n) is 14.1. The summed E-state index contributed by atoms with van der Waals surface area (Å²) in [5, 5.41) is 4.06. The Morgan fingerprint density at radius 2 is 1.94 bits per heavy atom. The highest BCUT2D eigenvalue weighted by Crippen LogP contribution is 2.56. The first-order valence-electron chi connectivity index (χ1n) is 16.7. The maximum absolute atomic E-state index is 13.4. The average molecular weight is 681 g/mol. The van der Waals surface area contributed by atoms with Gasteiger partial charge in [-0.2, -0.15) is 8.42 Å². The summed E-state index contributed by atoms with van der Waals surface area (Å²) in [5.41, 5.74) is 4.88. The predicted molar refractivity (Wildman–Crippen MR) is 184 cm³/mol. The Bertz CT molecular complexity index is 1740. The van der Waals surface area contributed by atoms with E-state index in [-0.39, 0.29) is 23.2 Å². The number of nitrogens with one attached hydrogen (secondary N) is 1. The number of methoxy groups -OCH3 is 1. The zero-order valence-corrected chi connectivity index (χ0v) is 29.0. The van der Waals surface area contributed by atoms with Crippen molar-refractivity contribution in [3.63, 3.8) is 0 Å². The van der Waals surface area contributed by atoms with Gasteiger partial charge in [0.15, 0.2) is 0 Å². The molecule has 252 valence electrons. The monoisotopic (exact) mass is 680 g/mol. The summed E-state index contributed by atoms with van der Waals surface area (Å²) in [6.45, 7) is 5.08. The molecule has 10 heteroatoms. The van der Waals surface area contributed by atoms with Crippen molar-refractivity contribution in [2.75, 3.05) is 19.0 Å². The molecule has 0 amide bonds. The van der Waals surface area contributed by atoms with Crippen LogP contribution in [0.15, 0.2) is 54.7 Å². The van der Waals surface area contributed by atoms with Crippen molar-refractivity contribution in [2.45, 2.75) is 94.3 Å². The number of fused-ring (bicyclic) bond motifs is 3. The molecule has 2 aromatic carbocycles. The summed E-state index contributed by atoms with van der Waals surface area (Å²) in [6, 6.07) is 15.2. The molecule has 0 radical (unpaired) electrons. The van der Waals surface area contributed by atoms with Gasteiger partial charge in [0.05, 0.1) is 13.7 Å². The molecular formula is C37H45ClN2O6S. The third kappa shape index (κ3) is 7.03. The predicted octanol–water partition coefficient (Wildman–Crippen LogP) is 7.68. The van der Waals surface area contributed by atoms with E-state index in [1.807, 2.05) is 48.7 Å². The van der Waals surface area contributed by atoms with Gasteiger partial charge in [-0.05, 0) is 122 Å². The first kappa shape index (κ1) is 33.7. The number of ether oxygens (including phenoxy) is 2. The number of nitrogens with zero attached hydrogens (tertiary/aromatic N) is 1. The number of esters is 1. The number of carbonyl (C=O) groups excluding carboxylic acids is 1. The molecular weight excluding hydrogens is 636 g/mol. The molecule has 2 N–H and O–H groups in total. The normalized spacial score (nSPS) is 25.9. The fourth-order valence-electron chi connectivity index (χ4n) is 8.63. The van der Waals surface area contributed by atoms with Crippen LogP contribution < -0.4 is 10.1 Å². The minimum absolute atomic E-state index is 0.253. The third-order valence-electron chi connectivity index (χ3n) is 10.9. The van der Waals surface area contributed by atoms with E-state index in [2.05, 4.69) is 24.1 Å². The SMILES string of the molecule is COC(=O)C1(Nc2cccc(Cl)c2)CCC2(CC1)c1cc(CS(=O)(=O)O)ccc1C[C@@H]2C[C@@H](C)COc1ccnc2c1[C@H](C)CCC2. The lowest BCUT2D eigenvalue weighted by molar-refractivity contribution is -0.148. The number of rotatable bonds is 10. The Balaban J connectivity index is 1.27. The largest absolute Gasteiger partial charge is 0.493 e. The number of hydrogen-bond donors (Lipinski definition) is 2. The third-order valence-corrected chi connectivity index (χ3v) is 11.8. The van der Waals surface area contributed by atoms with Gasteiger partial charge < -0.3 is 14.8 Å². The van der Waals surface area contributed by atoms with Gasteiger partial charge >= 0.3 is 5.97 Å². The molecule has 0 saturated heterocycles. The Morgan fingerprint density at radius 1 is 1.15 bits per heavy atom. The maximum Gasteiger partial charge on any atom is 0.331 e. The Kier molecular flexibility index (Phi) is 9.62. The summed E-state index contributed by atoms with van der Waals surface area (Å²) in [7, 11) is -2.77. The van der Waals surface area contributed by atoms with Crippen LogP contribution in [0.5, 0.6) is 5.75 Å². The summed E-state index contributed by atoms with van der Waals surface area (Å²) in [5.74, 6) is 1.16. The van der Waals surface area contributed by atoms with Crippen LogP contribution in [0.25, 0.3) is 0 Å². The molecule has 0 aliphatic heterocycles. The van der Waals surface area contributed by atoms with E-state index >= 15 is 0 Å². The first-order valence-corrected chi connectivity index (χ1v) is 18.7. The summed E-state index contributed by atoms with van der Waals surface area (Å²) >= 11 is 6.28. The van der Waals surface area contributed by atoms with Crippen LogP contribution in [0, 0.1) is 11.8 Å². The van der Waals surface area contributed by atoms with Gasteiger partial charge in [0.2, 0.25) is 0 Å². The van der Waals surface area contributed by atoms with Crippen LogP contribution in [0.1, 0.15) is 92.7 Å². The molecule has 0 unspecified atom stereocenters. The molecule has 8 nitrogen and oxygen atoms in total. The van der Waals surface area contributed by atoms with Crippen LogP contribution >= 0.6 is 11.6 Å². The van der Waals surface area contributed by atoms with Crippen LogP contribution in [-0.2, 0) is 43.7 Å². The quantitative estimate of drug-likeness (QED) is 0.166. The van der Waals surface area contributed by atoms with Crippen LogP contribution in [0.3, 0.4) is 0 Å². The topological polar surface area (TPSA) is 115 Å². The molecule has 1 fully saturated rings. The zero-order chi connectivity index (χ0) is 33.4. The van der Waals surface area contributed by atoms with Gasteiger partial charge in [-0.15, -0.1) is 0 Å². The molecule has 0 bridgehead atoms. The Labute approximate surface area is 283 Å². The molecule has 3 aliphatic rings. The zero-order valence-electron chi connectivity index (χ0n) is 27.4. The molecule has 1 heterocycles. The molecule has 3 atom stereocenters. The molecule has 1 aromatic heterocycles. The lowest BCUT2D eigenvalue weighted by Crippen LogP contribution is -2.53. The van der Waals surface area contributed by atoms with Crippen molar-refractivity contribution in [3.8, 4) is 5.75 Å². The van der Waals surface area contributed by atoms with Gasteiger partial charge in [0, 0.05) is 28.2 Å². The molecule has 6 rings (SSSR count). The first-order chi connectivity index (χ1) is 22.4. The number of aryl methyl sites for hydroxylation is 1. The van der Waals surface area contributed by atoms with E-state index in [1.165, 1.54) is 18.2 Å². The van der Waals surface area contributed by atoms with Gasteiger partial charge in [-0.25, -0.2) is 4.79 Å². The van der Waals surface area contributed by atoms with Crippen molar-refractivity contribution in [1.82, 2.24) is 4.98 Å². The van der Waals surface area contributed by atoms with E-state index in [0.29, 0.717) is 48.8 Å². The van der Waals surface area contributed by atoms with E-state index in [4.69, 9.17) is 21.1 Å². The van der Waals surface area contributed by atoms with Crippen LogP contribution in [-0.4, -0.2) is 43.2 Å². The van der Waals surface area contributed by atoms with E-state index in [1.54, 1.807) is 6.07 Å². The smallest absolute Gasteiger partial charge is 0.331 e. The summed E-state index contributed by atoms with van der Waals surface area (Å²) < 4.78 is 45.2. The summed E-state index contributed by atoms with van der Waals surface area (Å²) in [4.78, 5) is 18.0. The van der Waals surface area contributed by atoms with Crippen molar-refractivity contribution >= 4 is 33.4 Å². The number of anilines is 1. The number of benzene rings is 2. The number of hydrogen-bond acceptors (Lipinski definition) is 7. The number of carbonyl (C=O) groups is 1. The molecule has 1 spiro atoms. The summed E-state index contributed by atoms with van der Waals surface area (Å²) in [6.07, 6.45) is 9.43. The Morgan fingerprint density at radius 3 is 2.66 bits per heavy atom. The minimum atomic E-state index is -4.19. The standard InChI is InChI=1S/C37H45ClN2O6S/c1-24(22-46-33-12-17-39-32-9-4-6-25(2)34(32)33)18-28-20-27-11-10-26(23-47(42,43)44)19-31(27)36(28)13-15-37(16-14-36,35(41)45-3)40-30-8-5-7-29(38)21-30/h5,7-8,10-12,17,19,21,24-25,28,40H,4,6,9,13-16,18,20,22-23H2,1-3H3,(H,42,43,44)/t24-,25-,28+,36?,37?/m1/s1. The minimum Gasteiger partial charge on any atom is -0.493 e. The van der Waals surface area contributed by atoms with Gasteiger partial charge in [-0.1, -0.05) is 49.7 Å². The molecule has 1 saturated carbocycles. The maximum atomic E-state index is 13.4. The molecule has 3 aromatic rings. The van der Waals surface area contributed by atoms with E-state index in [0.717, 1.165) is 54.8 Å². The van der Waals surface area contributed by atoms with Crippen LogP contribution in [0.4, 0.5) is 5.69 Å². The van der Waals surface area contributed by atoms with Crippen LogP contribution in [0.2, 0.25) is 5.02 Å². The highest BCUT2D eigenvalue weighted by Gasteiger charge is 2.54. The van der Waals surface area contributed by atoms with Crippen molar-refractivity contribution in [1.29, 1.82) is 0 Å². The van der Waals surface area contributed by atoms with Gasteiger partial charge in [0.1, 0.15) is 17.0 Å². The fraction of sp³-hybridized carbons (Fsp3) is 0.514. The highest BCUT2D eigenvalue weighted by atomic mass is 35.5. The lowest BCUT2D eigenvalue weighted by Gasteiger charge is -2.48. The van der Waals surface area contributed by atoms with Crippen molar-refractivity contribution in [3.05, 3.63) is 87.7 Å². The molecule has 47 heavy (non-hydrogen) atoms. The van der Waals surface area contributed by atoms with Crippen molar-refractivity contribution < 1.29 is 27.2 Å². The molecule has 3 aliphatic carbocycles. The van der Waals surface area contributed by atoms with Gasteiger partial charge in [-0.3, -0.25) is 9.54 Å². The number of aromatic nitrogens is 1.